The van der Waals surface area contributed by atoms with E-state index >= 15 is 0 Å². The number of hydrogen-bond donors (Lipinski definition) is 1. The van der Waals surface area contributed by atoms with E-state index in [1.165, 1.54) is 6.42 Å². The number of halogens is 1. The second kappa shape index (κ2) is 8.91. The molecule has 0 amide bonds. The maximum Gasteiger partial charge on any atom is 0.259 e. The Labute approximate surface area is 165 Å². The molecule has 0 aliphatic carbocycles. The standard InChI is InChI=1S/C21H27ClN2O3/c1-15-13-18(25)19(21(26)24(15)11-12-27-2)20(23-9-4-3-5-10-23)16-7-6-8-17(22)14-16/h6-8,13-14,20,25H,3-5,9-12H2,1-2H3. The summed E-state index contributed by atoms with van der Waals surface area (Å²) in [4.78, 5) is 15.6. The molecule has 146 valence electrons. The first-order chi connectivity index (χ1) is 13.0. The highest BCUT2D eigenvalue weighted by molar-refractivity contribution is 6.30. The summed E-state index contributed by atoms with van der Waals surface area (Å²) in [6.07, 6.45) is 3.36. The number of aryl methyl sites for hydroxylation is 1. The largest absolute Gasteiger partial charge is 0.507 e. The highest BCUT2D eigenvalue weighted by Crippen LogP contribution is 2.35. The van der Waals surface area contributed by atoms with Crippen LogP contribution in [0.4, 0.5) is 0 Å². The molecule has 1 atom stereocenters. The molecule has 1 unspecified atom stereocenters. The number of piperidine rings is 1. The van der Waals surface area contributed by atoms with E-state index in [2.05, 4.69) is 4.90 Å². The molecule has 1 fully saturated rings. The van der Waals surface area contributed by atoms with Gasteiger partial charge in [0.1, 0.15) is 5.75 Å². The quantitative estimate of drug-likeness (QED) is 0.816. The predicted molar refractivity (Wildman–Crippen MR) is 108 cm³/mol. The number of benzene rings is 1. The van der Waals surface area contributed by atoms with E-state index < -0.39 is 0 Å². The molecule has 1 aromatic heterocycles. The summed E-state index contributed by atoms with van der Waals surface area (Å²) >= 11 is 6.24. The van der Waals surface area contributed by atoms with E-state index in [9.17, 15) is 9.90 Å². The Hall–Kier alpha value is -1.82. The molecule has 0 saturated carbocycles. The smallest absolute Gasteiger partial charge is 0.259 e. The van der Waals surface area contributed by atoms with Gasteiger partial charge in [0.25, 0.3) is 5.56 Å². The fourth-order valence-corrected chi connectivity index (χ4v) is 4.10. The molecule has 3 rings (SSSR count). The summed E-state index contributed by atoms with van der Waals surface area (Å²) in [5.41, 5.74) is 1.90. The number of hydrogen-bond acceptors (Lipinski definition) is 4. The molecule has 0 radical (unpaired) electrons. The number of ether oxygens (including phenoxy) is 1. The first-order valence-electron chi connectivity index (χ1n) is 9.44. The van der Waals surface area contributed by atoms with Crippen LogP contribution in [0.25, 0.3) is 0 Å². The third kappa shape index (κ3) is 4.37. The van der Waals surface area contributed by atoms with Crippen LogP contribution in [0.5, 0.6) is 5.75 Å². The fraction of sp³-hybridized carbons (Fsp3) is 0.476. The molecule has 6 heteroatoms. The molecular formula is C21H27ClN2O3. The molecular weight excluding hydrogens is 364 g/mol. The van der Waals surface area contributed by atoms with Crippen molar-refractivity contribution in [1.29, 1.82) is 0 Å². The monoisotopic (exact) mass is 390 g/mol. The first kappa shape index (κ1) is 19.9. The Morgan fingerprint density at radius 2 is 1.96 bits per heavy atom. The Kier molecular flexibility index (Phi) is 6.58. The Balaban J connectivity index is 2.15. The number of aromatic hydroxyl groups is 1. The molecule has 1 N–H and O–H groups in total. The van der Waals surface area contributed by atoms with Gasteiger partial charge in [0, 0.05) is 24.4 Å². The number of pyridine rings is 1. The topological polar surface area (TPSA) is 54.7 Å². The number of nitrogens with zero attached hydrogens (tertiary/aromatic N) is 2. The van der Waals surface area contributed by atoms with E-state index in [1.807, 2.05) is 31.2 Å². The number of aromatic nitrogens is 1. The van der Waals surface area contributed by atoms with Crippen molar-refractivity contribution in [3.05, 3.63) is 62.5 Å². The minimum Gasteiger partial charge on any atom is -0.507 e. The minimum absolute atomic E-state index is 0.0433. The Morgan fingerprint density at radius 1 is 1.22 bits per heavy atom. The third-order valence-corrected chi connectivity index (χ3v) is 5.47. The highest BCUT2D eigenvalue weighted by atomic mass is 35.5. The van der Waals surface area contributed by atoms with Gasteiger partial charge in [0.05, 0.1) is 18.2 Å². The molecule has 1 aliphatic rings. The minimum atomic E-state index is -0.314. The van der Waals surface area contributed by atoms with Crippen LogP contribution in [-0.2, 0) is 11.3 Å². The maximum atomic E-state index is 13.3. The van der Waals surface area contributed by atoms with E-state index in [1.54, 1.807) is 17.7 Å². The molecule has 1 saturated heterocycles. The van der Waals surface area contributed by atoms with Gasteiger partial charge in [0.15, 0.2) is 0 Å². The van der Waals surface area contributed by atoms with Crippen LogP contribution in [0.3, 0.4) is 0 Å². The van der Waals surface area contributed by atoms with E-state index in [4.69, 9.17) is 16.3 Å². The van der Waals surface area contributed by atoms with Crippen LogP contribution in [0.15, 0.2) is 35.1 Å². The Bertz CT molecular complexity index is 844. The van der Waals surface area contributed by atoms with E-state index in [0.717, 1.165) is 37.2 Å². The molecule has 27 heavy (non-hydrogen) atoms. The number of likely N-dealkylation sites (tertiary alicyclic amines) is 1. The first-order valence-corrected chi connectivity index (χ1v) is 9.82. The van der Waals surface area contributed by atoms with Gasteiger partial charge in [-0.2, -0.15) is 0 Å². The van der Waals surface area contributed by atoms with Crippen LogP contribution in [0.1, 0.15) is 42.1 Å². The average Bonchev–Trinajstić information content (AvgIpc) is 2.65. The van der Waals surface area contributed by atoms with Gasteiger partial charge in [-0.1, -0.05) is 30.2 Å². The number of methoxy groups -OCH3 is 1. The summed E-state index contributed by atoms with van der Waals surface area (Å²) in [6, 6.07) is 8.94. The van der Waals surface area contributed by atoms with Crippen molar-refractivity contribution in [2.45, 2.75) is 38.8 Å². The zero-order chi connectivity index (χ0) is 19.4. The van der Waals surface area contributed by atoms with Crippen molar-refractivity contribution in [1.82, 2.24) is 9.47 Å². The summed E-state index contributed by atoms with van der Waals surface area (Å²) in [5.74, 6) is 0.0433. The lowest BCUT2D eigenvalue weighted by atomic mass is 9.94. The lowest BCUT2D eigenvalue weighted by molar-refractivity contribution is 0.178. The maximum absolute atomic E-state index is 13.3. The van der Waals surface area contributed by atoms with Crippen molar-refractivity contribution < 1.29 is 9.84 Å². The summed E-state index contributed by atoms with van der Waals surface area (Å²) in [6.45, 7) is 4.51. The molecule has 1 aromatic carbocycles. The lowest BCUT2D eigenvalue weighted by Gasteiger charge is -2.35. The van der Waals surface area contributed by atoms with Crippen LogP contribution in [-0.4, -0.2) is 41.4 Å². The second-order valence-electron chi connectivity index (χ2n) is 7.09. The fourth-order valence-electron chi connectivity index (χ4n) is 3.90. The van der Waals surface area contributed by atoms with Crippen molar-refractivity contribution in [3.8, 4) is 5.75 Å². The Morgan fingerprint density at radius 3 is 2.63 bits per heavy atom. The zero-order valence-electron chi connectivity index (χ0n) is 15.9. The van der Waals surface area contributed by atoms with Gasteiger partial charge in [0.2, 0.25) is 0 Å². The van der Waals surface area contributed by atoms with Gasteiger partial charge in [-0.25, -0.2) is 0 Å². The summed E-state index contributed by atoms with van der Waals surface area (Å²) in [7, 11) is 1.62. The van der Waals surface area contributed by atoms with Gasteiger partial charge in [-0.15, -0.1) is 0 Å². The second-order valence-corrected chi connectivity index (χ2v) is 7.52. The van der Waals surface area contributed by atoms with Crippen molar-refractivity contribution >= 4 is 11.6 Å². The molecule has 2 aromatic rings. The molecule has 0 bridgehead atoms. The van der Waals surface area contributed by atoms with Crippen molar-refractivity contribution in [2.24, 2.45) is 0 Å². The van der Waals surface area contributed by atoms with Crippen LogP contribution in [0.2, 0.25) is 5.02 Å². The predicted octanol–water partition coefficient (Wildman–Crippen LogP) is 3.74. The normalized spacial score (nSPS) is 16.4. The average molecular weight is 391 g/mol. The van der Waals surface area contributed by atoms with Gasteiger partial charge in [-0.3, -0.25) is 9.69 Å². The van der Waals surface area contributed by atoms with Crippen molar-refractivity contribution in [2.75, 3.05) is 26.8 Å². The van der Waals surface area contributed by atoms with E-state index in [-0.39, 0.29) is 17.4 Å². The van der Waals surface area contributed by atoms with Gasteiger partial charge >= 0.3 is 0 Å². The van der Waals surface area contributed by atoms with Gasteiger partial charge < -0.3 is 14.4 Å². The van der Waals surface area contributed by atoms with Crippen LogP contribution >= 0.6 is 11.6 Å². The van der Waals surface area contributed by atoms with Crippen LogP contribution < -0.4 is 5.56 Å². The third-order valence-electron chi connectivity index (χ3n) is 5.24. The van der Waals surface area contributed by atoms with Crippen LogP contribution in [0, 0.1) is 6.92 Å². The summed E-state index contributed by atoms with van der Waals surface area (Å²) < 4.78 is 6.83. The molecule has 1 aliphatic heterocycles. The van der Waals surface area contributed by atoms with E-state index in [0.29, 0.717) is 23.7 Å². The molecule has 0 spiro atoms. The summed E-state index contributed by atoms with van der Waals surface area (Å²) in [5, 5.41) is 11.4. The highest BCUT2D eigenvalue weighted by Gasteiger charge is 2.30. The molecule has 5 nitrogen and oxygen atoms in total. The lowest BCUT2D eigenvalue weighted by Crippen LogP contribution is -2.39. The van der Waals surface area contributed by atoms with Gasteiger partial charge in [-0.05, 0) is 56.6 Å². The zero-order valence-corrected chi connectivity index (χ0v) is 16.7. The van der Waals surface area contributed by atoms with Crippen molar-refractivity contribution in [3.63, 3.8) is 0 Å². The molecule has 2 heterocycles. The SMILES string of the molecule is COCCn1c(C)cc(O)c(C(c2cccc(Cl)c2)N2CCCCC2)c1=O. The number of rotatable bonds is 6.